The molecule has 0 fully saturated rings. The molecule has 4 aromatic rings. The first-order chi connectivity index (χ1) is 16.6. The number of nitrogens with one attached hydrogen (secondary N) is 1. The maximum Gasteiger partial charge on any atom is 0.244 e. The number of hydrogen-bond acceptors (Lipinski definition) is 5. The summed E-state index contributed by atoms with van der Waals surface area (Å²) < 4.78 is 23.6. The first-order valence-electron chi connectivity index (χ1n) is 10.5. The zero-order valence-electron chi connectivity index (χ0n) is 18.7. The number of ether oxygens (including phenoxy) is 2. The Kier molecular flexibility index (Phi) is 7.34. The van der Waals surface area contributed by atoms with Crippen molar-refractivity contribution in [3.05, 3.63) is 95.1 Å². The molecule has 3 aromatic carbocycles. The molecule has 172 valence electrons. The van der Waals surface area contributed by atoms with Crippen LogP contribution < -0.4 is 14.8 Å². The smallest absolute Gasteiger partial charge is 0.244 e. The number of amides is 1. The third-order valence-electron chi connectivity index (χ3n) is 5.15. The van der Waals surface area contributed by atoms with Gasteiger partial charge in [0, 0.05) is 29.1 Å². The summed E-state index contributed by atoms with van der Waals surface area (Å²) >= 11 is 1.56. The van der Waals surface area contributed by atoms with Crippen LogP contribution >= 0.6 is 11.3 Å². The Hall–Kier alpha value is -3.97. The van der Waals surface area contributed by atoms with Gasteiger partial charge >= 0.3 is 0 Å². The number of benzene rings is 3. The van der Waals surface area contributed by atoms with Crippen molar-refractivity contribution < 1.29 is 18.7 Å². The van der Waals surface area contributed by atoms with Gasteiger partial charge in [0.05, 0.1) is 19.9 Å². The Morgan fingerprint density at radius 1 is 0.971 bits per heavy atom. The van der Waals surface area contributed by atoms with Gasteiger partial charge in [-0.3, -0.25) is 4.79 Å². The summed E-state index contributed by atoms with van der Waals surface area (Å²) in [6.45, 7) is 0.404. The molecule has 0 aliphatic carbocycles. The molecule has 1 N–H and O–H groups in total. The second kappa shape index (κ2) is 10.8. The number of thiazole rings is 1. The molecule has 0 aliphatic heterocycles. The maximum atomic E-state index is 12.9. The number of methoxy groups -OCH3 is 2. The minimum absolute atomic E-state index is 0.215. The molecule has 1 aromatic heterocycles. The normalized spacial score (nSPS) is 10.9. The molecule has 1 heterocycles. The van der Waals surface area contributed by atoms with E-state index in [-0.39, 0.29) is 11.7 Å². The Labute approximate surface area is 201 Å². The van der Waals surface area contributed by atoms with E-state index < -0.39 is 0 Å². The third-order valence-corrected chi connectivity index (χ3v) is 6.04. The average Bonchev–Trinajstić information content (AvgIpc) is 3.37. The van der Waals surface area contributed by atoms with Crippen LogP contribution in [0.15, 0.2) is 78.2 Å². The van der Waals surface area contributed by atoms with Gasteiger partial charge in [0.15, 0.2) is 11.5 Å². The number of aromatic nitrogens is 1. The van der Waals surface area contributed by atoms with Crippen molar-refractivity contribution in [2.24, 2.45) is 0 Å². The average molecular weight is 475 g/mol. The third kappa shape index (κ3) is 5.68. The maximum absolute atomic E-state index is 12.9. The Morgan fingerprint density at radius 2 is 1.68 bits per heavy atom. The topological polar surface area (TPSA) is 60.5 Å². The van der Waals surface area contributed by atoms with E-state index >= 15 is 0 Å². The molecule has 0 saturated heterocycles. The van der Waals surface area contributed by atoms with Gasteiger partial charge in [0.1, 0.15) is 10.8 Å². The zero-order valence-corrected chi connectivity index (χ0v) is 19.6. The molecule has 0 bridgehead atoms. The summed E-state index contributed by atoms with van der Waals surface area (Å²) in [6.07, 6.45) is 3.09. The number of carbonyl (C=O) groups is 1. The molecule has 0 saturated carbocycles. The summed E-state index contributed by atoms with van der Waals surface area (Å²) in [4.78, 5) is 16.8. The van der Waals surface area contributed by atoms with Crippen LogP contribution in [-0.4, -0.2) is 25.1 Å². The van der Waals surface area contributed by atoms with Gasteiger partial charge in [-0.2, -0.15) is 0 Å². The van der Waals surface area contributed by atoms with Crippen molar-refractivity contribution in [1.82, 2.24) is 10.3 Å². The summed E-state index contributed by atoms with van der Waals surface area (Å²) in [5, 5.41) is 5.77. The van der Waals surface area contributed by atoms with Gasteiger partial charge in [-0.15, -0.1) is 11.3 Å². The summed E-state index contributed by atoms with van der Waals surface area (Å²) in [7, 11) is 3.22. The van der Waals surface area contributed by atoms with E-state index in [9.17, 15) is 9.18 Å². The lowest BCUT2D eigenvalue weighted by molar-refractivity contribution is -0.116. The predicted molar refractivity (Wildman–Crippen MR) is 133 cm³/mol. The summed E-state index contributed by atoms with van der Waals surface area (Å²) in [6, 6.07) is 19.6. The Bertz CT molecular complexity index is 1300. The molecular weight excluding hydrogens is 451 g/mol. The monoisotopic (exact) mass is 474 g/mol. The molecule has 0 unspecified atom stereocenters. The first kappa shape index (κ1) is 23.2. The summed E-state index contributed by atoms with van der Waals surface area (Å²) in [5.74, 6) is 0.816. The standard InChI is InChI=1S/C27H23FN2O3S/c1-32-24-13-10-21(15-25(24)33-2)23-17-34-27(30-23)20-8-3-19(4-9-20)16-29-26(31)14-7-18-5-11-22(28)12-6-18/h3-15,17H,16H2,1-2H3,(H,29,31)/b14-7+. The van der Waals surface area contributed by atoms with Gasteiger partial charge in [0.25, 0.3) is 0 Å². The quantitative estimate of drug-likeness (QED) is 0.320. The van der Waals surface area contributed by atoms with E-state index in [1.54, 1.807) is 43.8 Å². The lowest BCUT2D eigenvalue weighted by Crippen LogP contribution is -2.20. The lowest BCUT2D eigenvalue weighted by Gasteiger charge is -2.08. The van der Waals surface area contributed by atoms with Crippen molar-refractivity contribution >= 4 is 23.3 Å². The summed E-state index contributed by atoms with van der Waals surface area (Å²) in [5.41, 5.74) is 4.56. The molecule has 4 rings (SSSR count). The molecule has 0 spiro atoms. The molecule has 0 atom stereocenters. The molecule has 34 heavy (non-hydrogen) atoms. The molecule has 7 heteroatoms. The number of halogens is 1. The second-order valence-electron chi connectivity index (χ2n) is 7.41. The number of rotatable bonds is 8. The molecule has 5 nitrogen and oxygen atoms in total. The molecule has 0 radical (unpaired) electrons. The van der Waals surface area contributed by atoms with Gasteiger partial charge in [-0.05, 0) is 47.5 Å². The van der Waals surface area contributed by atoms with Gasteiger partial charge < -0.3 is 14.8 Å². The van der Waals surface area contributed by atoms with Crippen LogP contribution in [0.1, 0.15) is 11.1 Å². The fourth-order valence-electron chi connectivity index (χ4n) is 3.29. The van der Waals surface area contributed by atoms with Crippen LogP contribution in [0.5, 0.6) is 11.5 Å². The molecule has 1 amide bonds. The van der Waals surface area contributed by atoms with Crippen LogP contribution in [-0.2, 0) is 11.3 Å². The number of hydrogen-bond donors (Lipinski definition) is 1. The lowest BCUT2D eigenvalue weighted by atomic mass is 10.1. The number of carbonyl (C=O) groups excluding carboxylic acids is 1. The van der Waals surface area contributed by atoms with Gasteiger partial charge in [-0.25, -0.2) is 9.37 Å². The largest absolute Gasteiger partial charge is 0.493 e. The van der Waals surface area contributed by atoms with Crippen LogP contribution in [0.25, 0.3) is 27.9 Å². The number of nitrogens with zero attached hydrogens (tertiary/aromatic N) is 1. The highest BCUT2D eigenvalue weighted by atomic mass is 32.1. The Balaban J connectivity index is 1.37. The van der Waals surface area contributed by atoms with Crippen LogP contribution in [0.3, 0.4) is 0 Å². The van der Waals surface area contributed by atoms with E-state index in [4.69, 9.17) is 14.5 Å². The molecule has 0 aliphatic rings. The van der Waals surface area contributed by atoms with E-state index in [2.05, 4.69) is 5.32 Å². The fraction of sp³-hybridized carbons (Fsp3) is 0.111. The van der Waals surface area contributed by atoms with E-state index in [0.717, 1.165) is 33.0 Å². The van der Waals surface area contributed by atoms with E-state index in [1.807, 2.05) is 47.8 Å². The van der Waals surface area contributed by atoms with Crippen molar-refractivity contribution in [3.63, 3.8) is 0 Å². The highest BCUT2D eigenvalue weighted by Crippen LogP contribution is 2.34. The highest BCUT2D eigenvalue weighted by molar-refractivity contribution is 7.13. The zero-order chi connectivity index (χ0) is 23.9. The van der Waals surface area contributed by atoms with Crippen molar-refractivity contribution in [3.8, 4) is 33.3 Å². The minimum Gasteiger partial charge on any atom is -0.493 e. The minimum atomic E-state index is -0.306. The van der Waals surface area contributed by atoms with E-state index in [0.29, 0.717) is 18.0 Å². The highest BCUT2D eigenvalue weighted by Gasteiger charge is 2.10. The Morgan fingerprint density at radius 3 is 2.38 bits per heavy atom. The van der Waals surface area contributed by atoms with Crippen LogP contribution in [0.4, 0.5) is 4.39 Å². The molecular formula is C27H23FN2O3S. The predicted octanol–water partition coefficient (Wildman–Crippen LogP) is 5.96. The van der Waals surface area contributed by atoms with Gasteiger partial charge in [0.2, 0.25) is 5.91 Å². The fourth-order valence-corrected chi connectivity index (χ4v) is 4.13. The van der Waals surface area contributed by atoms with E-state index in [1.165, 1.54) is 18.2 Å². The first-order valence-corrected chi connectivity index (χ1v) is 11.4. The van der Waals surface area contributed by atoms with Crippen molar-refractivity contribution in [2.75, 3.05) is 14.2 Å². The van der Waals surface area contributed by atoms with Crippen molar-refractivity contribution in [2.45, 2.75) is 6.54 Å². The van der Waals surface area contributed by atoms with Crippen LogP contribution in [0.2, 0.25) is 0 Å². The second-order valence-corrected chi connectivity index (χ2v) is 8.27. The van der Waals surface area contributed by atoms with Crippen molar-refractivity contribution in [1.29, 1.82) is 0 Å². The van der Waals surface area contributed by atoms with Crippen LogP contribution in [0, 0.1) is 5.82 Å². The van der Waals surface area contributed by atoms with Gasteiger partial charge in [-0.1, -0.05) is 36.4 Å². The SMILES string of the molecule is COc1ccc(-c2csc(-c3ccc(CNC(=O)/C=C/c4ccc(F)cc4)cc3)n2)cc1OC.